The molecule has 0 aliphatic carbocycles. The highest BCUT2D eigenvalue weighted by Gasteiger charge is 2.56. The molecule has 5 N–H and O–H groups in total. The van der Waals surface area contributed by atoms with Gasteiger partial charge < -0.3 is 20.7 Å². The van der Waals surface area contributed by atoms with Crippen LogP contribution in [0.15, 0.2) is 59.9 Å². The minimum Gasteiger partial charge on any atom is -0.447 e. The van der Waals surface area contributed by atoms with Crippen LogP contribution in [0, 0.1) is 16.6 Å². The van der Waals surface area contributed by atoms with E-state index in [1.807, 2.05) is 5.32 Å². The third kappa shape index (κ3) is 8.78. The van der Waals surface area contributed by atoms with Crippen molar-refractivity contribution in [2.45, 2.75) is 69.9 Å². The van der Waals surface area contributed by atoms with E-state index in [0.717, 1.165) is 44.7 Å². The Morgan fingerprint density at radius 2 is 1.81 bits per heavy atom. The summed E-state index contributed by atoms with van der Waals surface area (Å²) in [5.74, 6) is -3.17. The van der Waals surface area contributed by atoms with Gasteiger partial charge in [-0.1, -0.05) is 29.8 Å². The second kappa shape index (κ2) is 15.5. The molecule has 2 amide bonds. The highest BCUT2D eigenvalue weighted by Crippen LogP contribution is 2.42. The number of hydrogen-bond acceptors (Lipinski definition) is 7. The van der Waals surface area contributed by atoms with Crippen molar-refractivity contribution >= 4 is 41.7 Å². The number of benzene rings is 2. The van der Waals surface area contributed by atoms with E-state index in [1.165, 1.54) is 36.7 Å². The number of aromatic nitrogens is 2. The Kier molecular flexibility index (Phi) is 11.8. The number of amides is 2. The number of amidine groups is 1. The van der Waals surface area contributed by atoms with E-state index in [1.54, 1.807) is 11.4 Å². The molecule has 2 heterocycles. The van der Waals surface area contributed by atoms with Crippen LogP contribution in [0.4, 0.5) is 31.1 Å². The van der Waals surface area contributed by atoms with E-state index >= 15 is 8.78 Å². The van der Waals surface area contributed by atoms with Crippen LogP contribution in [0.5, 0.6) is 0 Å². The number of alkyl halides is 5. The maximum atomic E-state index is 16.1. The summed E-state index contributed by atoms with van der Waals surface area (Å²) in [4.78, 5) is 39.9. The number of rotatable bonds is 13. The van der Waals surface area contributed by atoms with Crippen LogP contribution in [0.2, 0.25) is 5.02 Å². The number of guanidine groups is 1. The van der Waals surface area contributed by atoms with E-state index in [4.69, 9.17) is 27.2 Å². The summed E-state index contributed by atoms with van der Waals surface area (Å²) in [6.07, 6.45) is -1.74. The van der Waals surface area contributed by atoms with Crippen molar-refractivity contribution < 1.29 is 40.7 Å². The van der Waals surface area contributed by atoms with Gasteiger partial charge in [0.05, 0.1) is 16.6 Å². The van der Waals surface area contributed by atoms with Gasteiger partial charge in [-0.3, -0.25) is 20.5 Å². The Hall–Kier alpha value is -5.26. The van der Waals surface area contributed by atoms with Crippen molar-refractivity contribution in [1.82, 2.24) is 30.8 Å². The molecular weight excluding hydrogens is 720 g/mol. The number of hydrogen-bond donors (Lipinski definition) is 5. The Bertz CT molecular complexity index is 1860. The molecule has 4 rings (SSSR count). The molecule has 2 aromatic carbocycles. The molecule has 1 aromatic heterocycles. The molecule has 0 bridgehead atoms. The molecule has 1 aliphatic heterocycles. The first-order valence-electron chi connectivity index (χ1n) is 15.4. The van der Waals surface area contributed by atoms with Gasteiger partial charge in [-0.15, -0.1) is 0 Å². The van der Waals surface area contributed by atoms with Gasteiger partial charge in [0.25, 0.3) is 12.3 Å². The number of aliphatic imine (C=N–C) groups is 1. The summed E-state index contributed by atoms with van der Waals surface area (Å²) >= 11 is 6.30. The zero-order valence-corrected chi connectivity index (χ0v) is 28.8. The lowest BCUT2D eigenvalue weighted by atomic mass is 9.80. The van der Waals surface area contributed by atoms with Crippen LogP contribution >= 0.6 is 11.6 Å². The average Bonchev–Trinajstić information content (AvgIpc) is 3.29. The molecule has 19 heteroatoms. The van der Waals surface area contributed by atoms with Gasteiger partial charge in [-0.2, -0.15) is 8.78 Å². The molecule has 278 valence electrons. The van der Waals surface area contributed by atoms with Gasteiger partial charge >= 0.3 is 12.6 Å². The van der Waals surface area contributed by atoms with Crippen molar-refractivity contribution in [3.8, 4) is 11.4 Å². The first-order valence-corrected chi connectivity index (χ1v) is 15.8. The van der Waals surface area contributed by atoms with E-state index in [-0.39, 0.29) is 33.1 Å². The van der Waals surface area contributed by atoms with E-state index in [0.29, 0.717) is 6.34 Å². The lowest BCUT2D eigenvalue weighted by Crippen LogP contribution is -2.50. The van der Waals surface area contributed by atoms with E-state index in [9.17, 15) is 27.2 Å². The van der Waals surface area contributed by atoms with Crippen molar-refractivity contribution in [3.05, 3.63) is 82.4 Å². The summed E-state index contributed by atoms with van der Waals surface area (Å²) < 4.78 is 90.7. The number of nitrogens with one attached hydrogen (secondary N) is 5. The number of ether oxygens (including phenoxy) is 1. The zero-order chi connectivity index (χ0) is 38.6. The van der Waals surface area contributed by atoms with Gasteiger partial charge in [-0.05, 0) is 57.5 Å². The standard InChI is InChI=1S/C33H34ClF6N9O3/c1-31(2,40)15-33(20-8-6-18(13-22(20)35)24-43-10-5-11-44-24)27(50)49(29(42)47-33)23(14-52-30(51)48-32(3,4)26(36)37)17-7-9-21(34)19(12-17)25(45-16-41)46-28(38)39/h5-13,16,23,26,28H,14-15H2,1-4H3,(H2,42,47)(H,48,51)(H2,41,45,46)/t23-,33-/m1/s1. The van der Waals surface area contributed by atoms with Crippen LogP contribution in [-0.2, 0) is 15.1 Å². The Labute approximate surface area is 299 Å². The number of carbonyl (C=O) groups excluding carboxylic acids is 2. The van der Waals surface area contributed by atoms with Gasteiger partial charge in [0.2, 0.25) is 0 Å². The first-order chi connectivity index (χ1) is 24.3. The molecule has 2 atom stereocenters. The lowest BCUT2D eigenvalue weighted by molar-refractivity contribution is -0.135. The fourth-order valence-corrected chi connectivity index (χ4v) is 5.72. The molecule has 0 radical (unpaired) electrons. The summed E-state index contributed by atoms with van der Waals surface area (Å²) in [5.41, 5.74) is -6.84. The second-order valence-electron chi connectivity index (χ2n) is 12.8. The topological polar surface area (TPSA) is 169 Å². The summed E-state index contributed by atoms with van der Waals surface area (Å²) in [7, 11) is 0. The molecule has 52 heavy (non-hydrogen) atoms. The van der Waals surface area contributed by atoms with Gasteiger partial charge in [0.15, 0.2) is 17.3 Å². The molecule has 1 saturated heterocycles. The fraction of sp³-hybridized carbons (Fsp3) is 0.364. The molecule has 1 aliphatic rings. The van der Waals surface area contributed by atoms with Crippen molar-refractivity contribution in [2.75, 3.05) is 6.61 Å². The maximum Gasteiger partial charge on any atom is 0.407 e. The highest BCUT2D eigenvalue weighted by molar-refractivity contribution is 6.34. The molecular formula is C33H34ClF6N9O3. The monoisotopic (exact) mass is 753 g/mol. The second-order valence-corrected chi connectivity index (χ2v) is 13.2. The van der Waals surface area contributed by atoms with E-state index in [2.05, 4.69) is 20.3 Å². The predicted molar refractivity (Wildman–Crippen MR) is 180 cm³/mol. The third-order valence-electron chi connectivity index (χ3n) is 7.82. The summed E-state index contributed by atoms with van der Waals surface area (Å²) in [5, 5.41) is 22.4. The number of alkyl carbamates (subject to hydrolysis) is 1. The predicted octanol–water partition coefficient (Wildman–Crippen LogP) is 6.31. The van der Waals surface area contributed by atoms with E-state index < -0.39 is 78.4 Å². The molecule has 0 spiro atoms. The fourth-order valence-electron chi connectivity index (χ4n) is 5.51. The average molecular weight is 754 g/mol. The largest absolute Gasteiger partial charge is 0.447 e. The Morgan fingerprint density at radius 1 is 1.13 bits per heavy atom. The molecule has 3 aromatic rings. The highest BCUT2D eigenvalue weighted by atomic mass is 35.5. The quantitative estimate of drug-likeness (QED) is 0.0590. The van der Waals surface area contributed by atoms with Crippen LogP contribution < -0.4 is 16.0 Å². The number of nitrogens with zero attached hydrogens (tertiary/aromatic N) is 4. The van der Waals surface area contributed by atoms with Crippen LogP contribution in [0.25, 0.3) is 11.4 Å². The lowest BCUT2D eigenvalue weighted by Gasteiger charge is -2.33. The number of halogens is 7. The van der Waals surface area contributed by atoms with Crippen LogP contribution in [-0.4, -0.2) is 75.8 Å². The molecule has 0 unspecified atom stereocenters. The normalized spacial score (nSPS) is 17.3. The molecule has 1 fully saturated rings. The summed E-state index contributed by atoms with van der Waals surface area (Å²) in [6, 6.07) is 7.33. The molecule has 0 saturated carbocycles. The Morgan fingerprint density at radius 3 is 2.38 bits per heavy atom. The third-order valence-corrected chi connectivity index (χ3v) is 8.15. The van der Waals surface area contributed by atoms with Crippen molar-refractivity contribution in [2.24, 2.45) is 4.99 Å². The van der Waals surface area contributed by atoms with Crippen molar-refractivity contribution in [1.29, 1.82) is 10.8 Å². The smallest absolute Gasteiger partial charge is 0.407 e. The minimum atomic E-state index is -3.16. The maximum absolute atomic E-state index is 16.1. The number of carbonyl (C=O) groups is 2. The van der Waals surface area contributed by atoms with Crippen LogP contribution in [0.1, 0.15) is 56.8 Å². The zero-order valence-electron chi connectivity index (χ0n) is 28.1. The minimum absolute atomic E-state index is 0.0266. The molecule has 12 nitrogen and oxygen atoms in total. The van der Waals surface area contributed by atoms with Gasteiger partial charge in [-0.25, -0.2) is 37.3 Å². The van der Waals surface area contributed by atoms with Gasteiger partial charge in [0.1, 0.15) is 30.3 Å². The Balaban J connectivity index is 1.86. The first kappa shape index (κ1) is 39.5. The van der Waals surface area contributed by atoms with Crippen LogP contribution in [0.3, 0.4) is 0 Å². The van der Waals surface area contributed by atoms with Gasteiger partial charge in [0, 0.05) is 35.5 Å². The van der Waals surface area contributed by atoms with Crippen molar-refractivity contribution in [3.63, 3.8) is 0 Å². The summed E-state index contributed by atoms with van der Waals surface area (Å²) in [6.45, 7) is 0.341. The SMILES string of the molecule is CC(C)(F)C[C@]1(c2ccc(-c3ncccn3)cc2F)NC(=N)N([C@H](COC(=O)NC(C)(C)C(F)F)c2ccc(Cl)c(/C(=N/C=N)NC(F)F)c2)C1=O.